The quantitative estimate of drug-likeness (QED) is 0.829. The van der Waals surface area contributed by atoms with Crippen molar-refractivity contribution >= 4 is 33.2 Å². The molecule has 16 heavy (non-hydrogen) atoms. The van der Waals surface area contributed by atoms with Gasteiger partial charge in [-0.15, -0.1) is 11.3 Å². The maximum Gasteiger partial charge on any atom is 0.223 e. The first-order chi connectivity index (χ1) is 7.28. The summed E-state index contributed by atoms with van der Waals surface area (Å²) in [6.07, 6.45) is 0.592. The number of hydrogen-bond donors (Lipinski definition) is 0. The van der Waals surface area contributed by atoms with Gasteiger partial charge in [0.05, 0.1) is 3.79 Å². The maximum atomic E-state index is 11.9. The summed E-state index contributed by atoms with van der Waals surface area (Å²) >= 11 is 5.07. The Morgan fingerprint density at radius 3 is 2.56 bits per heavy atom. The number of thiophene rings is 1. The number of nitrogens with zero attached hydrogens (tertiary/aromatic N) is 1. The molecule has 1 rings (SSSR count). The Labute approximate surface area is 110 Å². The summed E-state index contributed by atoms with van der Waals surface area (Å²) in [6, 6.07) is 2.06. The van der Waals surface area contributed by atoms with E-state index in [9.17, 15) is 4.79 Å². The number of amides is 1. The van der Waals surface area contributed by atoms with Crippen molar-refractivity contribution < 1.29 is 4.79 Å². The molecule has 0 aliphatic rings. The Morgan fingerprint density at radius 2 is 2.12 bits per heavy atom. The number of hydrogen-bond acceptors (Lipinski definition) is 2. The van der Waals surface area contributed by atoms with Crippen LogP contribution in [0.1, 0.15) is 32.8 Å². The van der Waals surface area contributed by atoms with Gasteiger partial charge in [-0.1, -0.05) is 20.8 Å². The van der Waals surface area contributed by atoms with Crippen LogP contribution in [0, 0.1) is 5.41 Å². The van der Waals surface area contributed by atoms with E-state index in [4.69, 9.17) is 0 Å². The molecule has 0 aliphatic heterocycles. The molecule has 4 heteroatoms. The average molecular weight is 304 g/mol. The Morgan fingerprint density at radius 1 is 1.50 bits per heavy atom. The molecule has 0 radical (unpaired) electrons. The van der Waals surface area contributed by atoms with Crippen molar-refractivity contribution in [2.24, 2.45) is 5.41 Å². The molecule has 0 aliphatic carbocycles. The van der Waals surface area contributed by atoms with Crippen LogP contribution < -0.4 is 0 Å². The summed E-state index contributed by atoms with van der Waals surface area (Å²) < 4.78 is 1.11. The minimum Gasteiger partial charge on any atom is -0.341 e. The van der Waals surface area contributed by atoms with Crippen molar-refractivity contribution in [2.75, 3.05) is 7.05 Å². The van der Waals surface area contributed by atoms with Crippen LogP contribution in [-0.2, 0) is 11.3 Å². The van der Waals surface area contributed by atoms with E-state index in [0.29, 0.717) is 13.0 Å². The Balaban J connectivity index is 2.52. The SMILES string of the molecule is CN(Cc1csc(Br)c1)C(=O)CC(C)(C)C. The third-order valence-corrected chi connectivity index (χ3v) is 3.70. The van der Waals surface area contributed by atoms with E-state index >= 15 is 0 Å². The van der Waals surface area contributed by atoms with Crippen molar-refractivity contribution in [3.8, 4) is 0 Å². The molecule has 1 heterocycles. The van der Waals surface area contributed by atoms with Crippen molar-refractivity contribution in [3.05, 3.63) is 20.8 Å². The standard InChI is InChI=1S/C12H18BrNOS/c1-12(2,3)6-11(15)14(4)7-9-5-10(13)16-8-9/h5,8H,6-7H2,1-4H3. The monoisotopic (exact) mass is 303 g/mol. The number of rotatable bonds is 3. The van der Waals surface area contributed by atoms with Gasteiger partial charge in [-0.25, -0.2) is 0 Å². The minimum atomic E-state index is 0.0561. The summed E-state index contributed by atoms with van der Waals surface area (Å²) in [6.45, 7) is 6.94. The van der Waals surface area contributed by atoms with E-state index in [1.807, 2.05) is 7.05 Å². The first-order valence-electron chi connectivity index (χ1n) is 5.25. The Bertz CT molecular complexity index is 367. The molecule has 90 valence electrons. The fourth-order valence-corrected chi connectivity index (χ4v) is 2.58. The van der Waals surface area contributed by atoms with Crippen LogP contribution in [0.25, 0.3) is 0 Å². The molecular formula is C12H18BrNOS. The summed E-state index contributed by atoms with van der Waals surface area (Å²) in [5.41, 5.74) is 1.24. The highest BCUT2D eigenvalue weighted by molar-refractivity contribution is 9.11. The lowest BCUT2D eigenvalue weighted by Crippen LogP contribution is -2.29. The van der Waals surface area contributed by atoms with Gasteiger partial charge in [0.2, 0.25) is 5.91 Å². The summed E-state index contributed by atoms with van der Waals surface area (Å²) in [5.74, 6) is 0.204. The smallest absolute Gasteiger partial charge is 0.223 e. The van der Waals surface area contributed by atoms with Gasteiger partial charge in [-0.3, -0.25) is 4.79 Å². The van der Waals surface area contributed by atoms with Gasteiger partial charge in [0.1, 0.15) is 0 Å². The highest BCUT2D eigenvalue weighted by Crippen LogP contribution is 2.23. The molecule has 2 nitrogen and oxygen atoms in total. The van der Waals surface area contributed by atoms with Crippen molar-refractivity contribution in [1.82, 2.24) is 4.90 Å². The first-order valence-corrected chi connectivity index (χ1v) is 6.92. The van der Waals surface area contributed by atoms with Crippen molar-refractivity contribution in [1.29, 1.82) is 0 Å². The van der Waals surface area contributed by atoms with Gasteiger partial charge in [-0.05, 0) is 38.4 Å². The molecular weight excluding hydrogens is 286 g/mol. The van der Waals surface area contributed by atoms with Crippen molar-refractivity contribution in [2.45, 2.75) is 33.7 Å². The van der Waals surface area contributed by atoms with E-state index in [1.165, 1.54) is 5.56 Å². The highest BCUT2D eigenvalue weighted by atomic mass is 79.9. The van der Waals surface area contributed by atoms with Crippen LogP contribution in [0.15, 0.2) is 15.2 Å². The zero-order valence-electron chi connectivity index (χ0n) is 10.2. The number of halogens is 1. The third kappa shape index (κ3) is 4.66. The molecule has 0 bridgehead atoms. The van der Waals surface area contributed by atoms with Gasteiger partial charge in [-0.2, -0.15) is 0 Å². The lowest BCUT2D eigenvalue weighted by Gasteiger charge is -2.23. The summed E-state index contributed by atoms with van der Waals surface area (Å²) in [4.78, 5) is 13.7. The predicted octanol–water partition coefficient (Wildman–Crippen LogP) is 3.91. The molecule has 0 aromatic carbocycles. The van der Waals surface area contributed by atoms with Gasteiger partial charge in [0, 0.05) is 20.0 Å². The second-order valence-electron chi connectivity index (χ2n) is 5.25. The van der Waals surface area contributed by atoms with Crippen LogP contribution in [-0.4, -0.2) is 17.9 Å². The topological polar surface area (TPSA) is 20.3 Å². The minimum absolute atomic E-state index is 0.0561. The van der Waals surface area contributed by atoms with Crippen LogP contribution in [0.3, 0.4) is 0 Å². The zero-order valence-corrected chi connectivity index (χ0v) is 12.6. The second kappa shape index (κ2) is 5.32. The molecule has 1 aromatic rings. The third-order valence-electron chi connectivity index (χ3n) is 2.15. The fraction of sp³-hybridized carbons (Fsp3) is 0.583. The van der Waals surface area contributed by atoms with Gasteiger partial charge >= 0.3 is 0 Å². The molecule has 0 unspecified atom stereocenters. The van der Waals surface area contributed by atoms with Gasteiger partial charge < -0.3 is 4.90 Å². The van der Waals surface area contributed by atoms with E-state index in [0.717, 1.165) is 3.79 Å². The maximum absolute atomic E-state index is 11.9. The fourth-order valence-electron chi connectivity index (χ4n) is 1.38. The number of carbonyl (C=O) groups is 1. The van der Waals surface area contributed by atoms with Crippen LogP contribution in [0.2, 0.25) is 0 Å². The van der Waals surface area contributed by atoms with E-state index in [1.54, 1.807) is 16.2 Å². The Kier molecular flexibility index (Phi) is 4.56. The Hall–Kier alpha value is -0.350. The zero-order chi connectivity index (χ0) is 12.3. The van der Waals surface area contributed by atoms with Gasteiger partial charge in [0.15, 0.2) is 0 Å². The molecule has 0 spiro atoms. The van der Waals surface area contributed by atoms with E-state index < -0.39 is 0 Å². The number of carbonyl (C=O) groups excluding carboxylic acids is 1. The molecule has 1 amide bonds. The second-order valence-corrected chi connectivity index (χ2v) is 7.54. The molecule has 1 aromatic heterocycles. The van der Waals surface area contributed by atoms with Crippen LogP contribution in [0.4, 0.5) is 0 Å². The first kappa shape index (κ1) is 13.7. The lowest BCUT2D eigenvalue weighted by molar-refractivity contribution is -0.132. The molecule has 0 fully saturated rings. The van der Waals surface area contributed by atoms with Gasteiger partial charge in [0.25, 0.3) is 0 Å². The molecule has 0 N–H and O–H groups in total. The average Bonchev–Trinajstić information content (AvgIpc) is 2.48. The highest BCUT2D eigenvalue weighted by Gasteiger charge is 2.19. The molecule has 0 saturated heterocycles. The van der Waals surface area contributed by atoms with Crippen molar-refractivity contribution in [3.63, 3.8) is 0 Å². The summed E-state index contributed by atoms with van der Waals surface area (Å²) in [7, 11) is 1.86. The molecule has 0 saturated carbocycles. The lowest BCUT2D eigenvalue weighted by atomic mass is 9.91. The normalized spacial score (nSPS) is 11.6. The largest absolute Gasteiger partial charge is 0.341 e. The van der Waals surface area contributed by atoms with Crippen LogP contribution >= 0.6 is 27.3 Å². The summed E-state index contributed by atoms with van der Waals surface area (Å²) in [5, 5.41) is 2.07. The van der Waals surface area contributed by atoms with E-state index in [2.05, 4.69) is 48.1 Å². The molecule has 0 atom stereocenters. The van der Waals surface area contributed by atoms with E-state index in [-0.39, 0.29) is 11.3 Å². The van der Waals surface area contributed by atoms with Crippen LogP contribution in [0.5, 0.6) is 0 Å². The predicted molar refractivity (Wildman–Crippen MR) is 72.6 cm³/mol.